The summed E-state index contributed by atoms with van der Waals surface area (Å²) in [5.74, 6) is 1.51. The lowest BCUT2D eigenvalue weighted by Crippen LogP contribution is -2.49. The number of anilines is 1. The first-order valence-corrected chi connectivity index (χ1v) is 10.3. The fourth-order valence-corrected chi connectivity index (χ4v) is 3.75. The molecule has 0 aliphatic carbocycles. The van der Waals surface area contributed by atoms with Crippen LogP contribution >= 0.6 is 0 Å². The molecule has 1 aliphatic rings. The summed E-state index contributed by atoms with van der Waals surface area (Å²) in [7, 11) is 0. The van der Waals surface area contributed by atoms with Gasteiger partial charge in [0.1, 0.15) is 5.78 Å². The van der Waals surface area contributed by atoms with E-state index in [0.29, 0.717) is 18.4 Å². The molecule has 28 heavy (non-hydrogen) atoms. The van der Waals surface area contributed by atoms with E-state index in [1.165, 1.54) is 5.56 Å². The highest BCUT2D eigenvalue weighted by atomic mass is 16.1. The van der Waals surface area contributed by atoms with Crippen molar-refractivity contribution < 1.29 is 4.79 Å². The number of carbonyl (C=O) groups is 1. The number of Topliss-reactive ketones (excluding diaryl/α,β-unsaturated/α-hetero) is 1. The largest absolute Gasteiger partial charge is 0.353 e. The summed E-state index contributed by atoms with van der Waals surface area (Å²) in [6, 6.07) is 10.9. The molecule has 5 nitrogen and oxygen atoms in total. The summed E-state index contributed by atoms with van der Waals surface area (Å²) in [6.45, 7) is 14.6. The van der Waals surface area contributed by atoms with Gasteiger partial charge in [-0.25, -0.2) is 0 Å². The standard InChI is InChI=1S/C23H32N4O/c1-16(2)21-15-22(27-12-10-26(11-13-27)17(3)4)24-25-23(21)20-8-6-19(7-9-20)14-18(5)28/h6-9,15-17H,10-14H2,1-5H3. The molecule has 1 aromatic heterocycles. The van der Waals surface area contributed by atoms with Crippen molar-refractivity contribution in [1.29, 1.82) is 0 Å². The first kappa shape index (κ1) is 20.5. The third kappa shape index (κ3) is 4.76. The number of aromatic nitrogens is 2. The normalized spacial score (nSPS) is 15.5. The molecule has 0 amide bonds. The van der Waals surface area contributed by atoms with Crippen LogP contribution in [0.4, 0.5) is 5.82 Å². The average Bonchev–Trinajstić information content (AvgIpc) is 2.68. The van der Waals surface area contributed by atoms with E-state index in [1.807, 2.05) is 12.1 Å². The van der Waals surface area contributed by atoms with Gasteiger partial charge in [-0.15, -0.1) is 10.2 Å². The quantitative estimate of drug-likeness (QED) is 0.760. The van der Waals surface area contributed by atoms with Crippen molar-refractivity contribution in [2.45, 2.75) is 53.0 Å². The highest BCUT2D eigenvalue weighted by molar-refractivity contribution is 5.78. The number of hydrogen-bond donors (Lipinski definition) is 0. The van der Waals surface area contributed by atoms with Gasteiger partial charge in [0.05, 0.1) is 5.69 Å². The zero-order valence-corrected chi connectivity index (χ0v) is 17.8. The molecule has 0 atom stereocenters. The van der Waals surface area contributed by atoms with Crippen molar-refractivity contribution in [2.24, 2.45) is 0 Å². The van der Waals surface area contributed by atoms with E-state index in [0.717, 1.165) is 48.8 Å². The number of carbonyl (C=O) groups excluding carboxylic acids is 1. The molecule has 150 valence electrons. The molecule has 1 aliphatic heterocycles. The SMILES string of the molecule is CC(=O)Cc1ccc(-c2nnc(N3CCN(C(C)C)CC3)cc2C(C)C)cc1. The number of hydrogen-bond acceptors (Lipinski definition) is 5. The lowest BCUT2D eigenvalue weighted by Gasteiger charge is -2.37. The molecule has 1 saturated heterocycles. The number of nitrogens with zero attached hydrogens (tertiary/aromatic N) is 4. The Morgan fingerprint density at radius 2 is 1.64 bits per heavy atom. The highest BCUT2D eigenvalue weighted by Crippen LogP contribution is 2.30. The lowest BCUT2D eigenvalue weighted by molar-refractivity contribution is -0.116. The summed E-state index contributed by atoms with van der Waals surface area (Å²) >= 11 is 0. The van der Waals surface area contributed by atoms with E-state index in [1.54, 1.807) is 6.92 Å². The number of ketones is 1. The predicted octanol–water partition coefficient (Wildman–Crippen LogP) is 3.93. The van der Waals surface area contributed by atoms with Crippen LogP contribution in [0, 0.1) is 0 Å². The van der Waals surface area contributed by atoms with E-state index in [9.17, 15) is 4.79 Å². The van der Waals surface area contributed by atoms with E-state index in [2.05, 4.69) is 65.9 Å². The minimum absolute atomic E-state index is 0.178. The minimum Gasteiger partial charge on any atom is -0.353 e. The van der Waals surface area contributed by atoms with Gasteiger partial charge < -0.3 is 4.90 Å². The highest BCUT2D eigenvalue weighted by Gasteiger charge is 2.22. The molecule has 3 rings (SSSR count). The first-order chi connectivity index (χ1) is 13.3. The summed E-state index contributed by atoms with van der Waals surface area (Å²) < 4.78 is 0. The Hall–Kier alpha value is -2.27. The number of rotatable bonds is 6. The summed E-state index contributed by atoms with van der Waals surface area (Å²) in [6.07, 6.45) is 0.476. The smallest absolute Gasteiger partial charge is 0.151 e. The molecule has 1 fully saturated rings. The van der Waals surface area contributed by atoms with E-state index < -0.39 is 0 Å². The molecule has 1 aromatic carbocycles. The molecule has 5 heteroatoms. The molecule has 0 unspecified atom stereocenters. The summed E-state index contributed by atoms with van der Waals surface area (Å²) in [5.41, 5.74) is 4.25. The van der Waals surface area contributed by atoms with Gasteiger partial charge in [0, 0.05) is 44.2 Å². The first-order valence-electron chi connectivity index (χ1n) is 10.3. The van der Waals surface area contributed by atoms with Crippen LogP contribution in [0.5, 0.6) is 0 Å². The fourth-order valence-electron chi connectivity index (χ4n) is 3.75. The fraction of sp³-hybridized carbons (Fsp3) is 0.522. The van der Waals surface area contributed by atoms with Crippen molar-refractivity contribution >= 4 is 11.6 Å². The third-order valence-corrected chi connectivity index (χ3v) is 5.48. The Labute approximate surface area is 168 Å². The van der Waals surface area contributed by atoms with Crippen molar-refractivity contribution in [1.82, 2.24) is 15.1 Å². The minimum atomic E-state index is 0.178. The zero-order chi connectivity index (χ0) is 20.3. The third-order valence-electron chi connectivity index (χ3n) is 5.48. The molecular weight excluding hydrogens is 348 g/mol. The predicted molar refractivity (Wildman–Crippen MR) is 115 cm³/mol. The van der Waals surface area contributed by atoms with Gasteiger partial charge in [-0.05, 0) is 43.9 Å². The van der Waals surface area contributed by atoms with Crippen LogP contribution in [0.2, 0.25) is 0 Å². The van der Waals surface area contributed by atoms with Crippen LogP contribution in [-0.4, -0.2) is 53.1 Å². The van der Waals surface area contributed by atoms with Crippen molar-refractivity contribution in [2.75, 3.05) is 31.1 Å². The maximum absolute atomic E-state index is 11.3. The van der Waals surface area contributed by atoms with Gasteiger partial charge in [-0.3, -0.25) is 9.69 Å². The molecule has 0 N–H and O–H groups in total. The average molecular weight is 381 g/mol. The van der Waals surface area contributed by atoms with E-state index in [4.69, 9.17) is 0 Å². The van der Waals surface area contributed by atoms with Crippen LogP contribution in [0.25, 0.3) is 11.3 Å². The monoisotopic (exact) mass is 380 g/mol. The Bertz CT molecular complexity index is 806. The second kappa shape index (κ2) is 8.82. The second-order valence-electron chi connectivity index (χ2n) is 8.35. The molecule has 2 aromatic rings. The van der Waals surface area contributed by atoms with Crippen LogP contribution < -0.4 is 4.90 Å². The summed E-state index contributed by atoms with van der Waals surface area (Å²) in [4.78, 5) is 16.2. The maximum Gasteiger partial charge on any atom is 0.151 e. The topological polar surface area (TPSA) is 49.3 Å². The Morgan fingerprint density at radius 1 is 1.00 bits per heavy atom. The number of piperazine rings is 1. The van der Waals surface area contributed by atoms with Crippen LogP contribution in [-0.2, 0) is 11.2 Å². The van der Waals surface area contributed by atoms with Gasteiger partial charge in [0.15, 0.2) is 5.82 Å². The Balaban J connectivity index is 1.83. The summed E-state index contributed by atoms with van der Waals surface area (Å²) in [5, 5.41) is 9.18. The van der Waals surface area contributed by atoms with E-state index in [-0.39, 0.29) is 5.78 Å². The maximum atomic E-state index is 11.3. The van der Waals surface area contributed by atoms with Gasteiger partial charge in [0.2, 0.25) is 0 Å². The molecule has 0 spiro atoms. The zero-order valence-electron chi connectivity index (χ0n) is 17.8. The van der Waals surface area contributed by atoms with Gasteiger partial charge in [0.25, 0.3) is 0 Å². The van der Waals surface area contributed by atoms with Gasteiger partial charge in [-0.1, -0.05) is 38.1 Å². The Morgan fingerprint density at radius 3 is 2.18 bits per heavy atom. The van der Waals surface area contributed by atoms with Gasteiger partial charge in [-0.2, -0.15) is 0 Å². The lowest BCUT2D eigenvalue weighted by atomic mass is 9.96. The van der Waals surface area contributed by atoms with Crippen molar-refractivity contribution in [3.63, 3.8) is 0 Å². The number of benzene rings is 1. The van der Waals surface area contributed by atoms with E-state index >= 15 is 0 Å². The molecule has 2 heterocycles. The van der Waals surface area contributed by atoms with Crippen LogP contribution in [0.15, 0.2) is 30.3 Å². The molecule has 0 saturated carbocycles. The Kier molecular flexibility index (Phi) is 6.45. The van der Waals surface area contributed by atoms with Gasteiger partial charge >= 0.3 is 0 Å². The second-order valence-corrected chi connectivity index (χ2v) is 8.35. The van der Waals surface area contributed by atoms with Crippen LogP contribution in [0.1, 0.15) is 51.7 Å². The molecular formula is C23H32N4O. The molecule has 0 radical (unpaired) electrons. The van der Waals surface area contributed by atoms with Crippen molar-refractivity contribution in [3.8, 4) is 11.3 Å². The van der Waals surface area contributed by atoms with Crippen molar-refractivity contribution in [3.05, 3.63) is 41.5 Å². The van der Waals surface area contributed by atoms with Crippen LogP contribution in [0.3, 0.4) is 0 Å². The molecule has 0 bridgehead atoms.